The standard InChI is InChI=1S/C21H23N5O3/c1-16-8-9-18(19(14-16)26(28)29)24-21(27)20(17-6-3-2-4-7-17)23-10-5-12-25-13-11-22-15-25/h2-4,6-9,11,13-15,20,23H,5,10,12H2,1H3,(H,24,27). The second-order valence-corrected chi connectivity index (χ2v) is 6.72. The Balaban J connectivity index is 1.72. The molecular weight excluding hydrogens is 370 g/mol. The molecule has 0 saturated carbocycles. The van der Waals surface area contributed by atoms with Gasteiger partial charge < -0.3 is 15.2 Å². The molecule has 0 bridgehead atoms. The number of carbonyl (C=O) groups is 1. The van der Waals surface area contributed by atoms with Crippen LogP contribution in [0.15, 0.2) is 67.3 Å². The molecule has 0 fully saturated rings. The lowest BCUT2D eigenvalue weighted by Gasteiger charge is -2.19. The summed E-state index contributed by atoms with van der Waals surface area (Å²) in [6, 6.07) is 13.4. The fourth-order valence-electron chi connectivity index (χ4n) is 3.04. The number of hydrogen-bond donors (Lipinski definition) is 2. The molecule has 29 heavy (non-hydrogen) atoms. The van der Waals surface area contributed by atoms with E-state index in [2.05, 4.69) is 15.6 Å². The largest absolute Gasteiger partial charge is 0.337 e. The minimum Gasteiger partial charge on any atom is -0.337 e. The number of rotatable bonds is 9. The molecule has 1 unspecified atom stereocenters. The van der Waals surface area contributed by atoms with Crippen LogP contribution in [0.1, 0.15) is 23.6 Å². The molecule has 8 heteroatoms. The lowest BCUT2D eigenvalue weighted by molar-refractivity contribution is -0.384. The van der Waals surface area contributed by atoms with Crippen LogP contribution in [-0.4, -0.2) is 26.9 Å². The molecule has 8 nitrogen and oxygen atoms in total. The molecule has 3 aromatic rings. The predicted octanol–water partition coefficient (Wildman–Crippen LogP) is 3.46. The highest BCUT2D eigenvalue weighted by Crippen LogP contribution is 2.26. The summed E-state index contributed by atoms with van der Waals surface area (Å²) >= 11 is 0. The fraction of sp³-hybridized carbons (Fsp3) is 0.238. The van der Waals surface area contributed by atoms with Crippen LogP contribution in [0.25, 0.3) is 0 Å². The molecule has 0 aliphatic carbocycles. The Hall–Kier alpha value is -3.52. The van der Waals surface area contributed by atoms with Gasteiger partial charge >= 0.3 is 0 Å². The van der Waals surface area contributed by atoms with Gasteiger partial charge in [0.1, 0.15) is 11.7 Å². The number of nitrogens with one attached hydrogen (secondary N) is 2. The van der Waals surface area contributed by atoms with E-state index in [1.54, 1.807) is 31.6 Å². The maximum absolute atomic E-state index is 13.0. The zero-order valence-corrected chi connectivity index (χ0v) is 16.1. The molecule has 150 valence electrons. The van der Waals surface area contributed by atoms with Crippen LogP contribution in [0.4, 0.5) is 11.4 Å². The van der Waals surface area contributed by atoms with Crippen LogP contribution in [0.3, 0.4) is 0 Å². The third-order valence-electron chi connectivity index (χ3n) is 4.50. The second-order valence-electron chi connectivity index (χ2n) is 6.72. The minimum atomic E-state index is -0.625. The van der Waals surface area contributed by atoms with Crippen LogP contribution < -0.4 is 10.6 Å². The number of aromatic nitrogens is 2. The number of aryl methyl sites for hydroxylation is 2. The van der Waals surface area contributed by atoms with Crippen LogP contribution in [0, 0.1) is 17.0 Å². The normalized spacial score (nSPS) is 11.8. The van der Waals surface area contributed by atoms with Gasteiger partial charge in [-0.25, -0.2) is 4.98 Å². The summed E-state index contributed by atoms with van der Waals surface area (Å²) in [5.74, 6) is -0.342. The van der Waals surface area contributed by atoms with Crippen LogP contribution >= 0.6 is 0 Å². The van der Waals surface area contributed by atoms with Crippen molar-refractivity contribution in [2.24, 2.45) is 0 Å². The lowest BCUT2D eigenvalue weighted by atomic mass is 10.1. The topological polar surface area (TPSA) is 102 Å². The molecule has 0 spiro atoms. The Bertz CT molecular complexity index is 958. The van der Waals surface area contributed by atoms with Gasteiger partial charge in [0.15, 0.2) is 0 Å². The van der Waals surface area contributed by atoms with Gasteiger partial charge in [0.25, 0.3) is 5.69 Å². The van der Waals surface area contributed by atoms with Crippen molar-refractivity contribution >= 4 is 17.3 Å². The summed E-state index contributed by atoms with van der Waals surface area (Å²) in [7, 11) is 0. The van der Waals surface area contributed by atoms with Gasteiger partial charge in [-0.3, -0.25) is 14.9 Å². The van der Waals surface area contributed by atoms with Gasteiger partial charge in [-0.1, -0.05) is 36.4 Å². The minimum absolute atomic E-state index is 0.120. The summed E-state index contributed by atoms with van der Waals surface area (Å²) in [6.07, 6.45) is 6.16. The highest BCUT2D eigenvalue weighted by molar-refractivity contribution is 5.97. The van der Waals surface area contributed by atoms with E-state index < -0.39 is 11.0 Å². The third kappa shape index (κ3) is 5.49. The third-order valence-corrected chi connectivity index (χ3v) is 4.50. The molecule has 0 aliphatic rings. The van der Waals surface area contributed by atoms with E-state index in [1.807, 2.05) is 41.1 Å². The SMILES string of the molecule is Cc1ccc(NC(=O)C(NCCCn2ccnc2)c2ccccc2)c([N+](=O)[O-])c1. The van der Waals surface area contributed by atoms with Crippen LogP contribution in [-0.2, 0) is 11.3 Å². The first-order valence-corrected chi connectivity index (χ1v) is 9.34. The Morgan fingerprint density at radius 3 is 2.72 bits per heavy atom. The fourth-order valence-corrected chi connectivity index (χ4v) is 3.04. The first-order chi connectivity index (χ1) is 14.0. The highest BCUT2D eigenvalue weighted by atomic mass is 16.6. The predicted molar refractivity (Wildman–Crippen MR) is 110 cm³/mol. The number of anilines is 1. The number of benzene rings is 2. The van der Waals surface area contributed by atoms with E-state index in [1.165, 1.54) is 6.07 Å². The Kier molecular flexibility index (Phi) is 6.70. The summed E-state index contributed by atoms with van der Waals surface area (Å²) in [5, 5.41) is 17.3. The van der Waals surface area contributed by atoms with Crippen LogP contribution in [0.5, 0.6) is 0 Å². The van der Waals surface area contributed by atoms with Gasteiger partial charge in [0, 0.05) is 25.0 Å². The first kappa shape index (κ1) is 20.2. The first-order valence-electron chi connectivity index (χ1n) is 9.34. The van der Waals surface area contributed by atoms with E-state index in [-0.39, 0.29) is 17.3 Å². The highest BCUT2D eigenvalue weighted by Gasteiger charge is 2.23. The van der Waals surface area contributed by atoms with E-state index in [4.69, 9.17) is 0 Å². The summed E-state index contributed by atoms with van der Waals surface area (Å²) < 4.78 is 1.97. The van der Waals surface area contributed by atoms with Crippen molar-refractivity contribution in [3.63, 3.8) is 0 Å². The lowest BCUT2D eigenvalue weighted by Crippen LogP contribution is -2.34. The molecular formula is C21H23N5O3. The Morgan fingerprint density at radius 1 is 1.24 bits per heavy atom. The molecule has 3 rings (SSSR count). The molecule has 2 aromatic carbocycles. The van der Waals surface area contributed by atoms with E-state index in [0.29, 0.717) is 6.54 Å². The smallest absolute Gasteiger partial charge is 0.293 e. The van der Waals surface area contributed by atoms with Crippen molar-refractivity contribution in [1.29, 1.82) is 0 Å². The molecule has 1 amide bonds. The van der Waals surface area contributed by atoms with Crippen LogP contribution in [0.2, 0.25) is 0 Å². The summed E-state index contributed by atoms with van der Waals surface area (Å²) in [5.41, 5.74) is 1.62. The van der Waals surface area contributed by atoms with Crippen molar-refractivity contribution < 1.29 is 9.72 Å². The van der Waals surface area contributed by atoms with Crippen molar-refractivity contribution in [2.75, 3.05) is 11.9 Å². The molecule has 1 atom stereocenters. The quantitative estimate of drug-likeness (QED) is 0.329. The zero-order chi connectivity index (χ0) is 20.6. The average molecular weight is 393 g/mol. The van der Waals surface area contributed by atoms with Crippen molar-refractivity contribution in [3.8, 4) is 0 Å². The van der Waals surface area contributed by atoms with Gasteiger partial charge in [0.2, 0.25) is 5.91 Å². The van der Waals surface area contributed by atoms with Crippen molar-refractivity contribution in [3.05, 3.63) is 88.5 Å². The molecule has 1 aromatic heterocycles. The monoisotopic (exact) mass is 393 g/mol. The number of hydrogen-bond acceptors (Lipinski definition) is 5. The number of imidazole rings is 1. The van der Waals surface area contributed by atoms with E-state index in [9.17, 15) is 14.9 Å². The second kappa shape index (κ2) is 9.61. The number of nitrogens with zero attached hydrogens (tertiary/aromatic N) is 3. The van der Waals surface area contributed by atoms with Gasteiger partial charge in [-0.2, -0.15) is 0 Å². The number of nitro benzene ring substituents is 1. The molecule has 0 saturated heterocycles. The summed E-state index contributed by atoms with van der Waals surface area (Å²) in [6.45, 7) is 3.15. The molecule has 0 radical (unpaired) electrons. The Morgan fingerprint density at radius 2 is 2.03 bits per heavy atom. The van der Waals surface area contributed by atoms with Gasteiger partial charge in [-0.15, -0.1) is 0 Å². The maximum atomic E-state index is 13.0. The number of nitro groups is 1. The van der Waals surface area contributed by atoms with Crippen molar-refractivity contribution in [2.45, 2.75) is 25.9 Å². The number of carbonyl (C=O) groups excluding carboxylic acids is 1. The molecule has 2 N–H and O–H groups in total. The molecule has 1 heterocycles. The van der Waals surface area contributed by atoms with Gasteiger partial charge in [-0.05, 0) is 37.1 Å². The van der Waals surface area contributed by atoms with Crippen molar-refractivity contribution in [1.82, 2.24) is 14.9 Å². The Labute approximate surface area is 168 Å². The molecule has 0 aliphatic heterocycles. The van der Waals surface area contributed by atoms with Gasteiger partial charge in [0.05, 0.1) is 11.3 Å². The van der Waals surface area contributed by atoms with E-state index >= 15 is 0 Å². The van der Waals surface area contributed by atoms with E-state index in [0.717, 1.165) is 24.1 Å². The zero-order valence-electron chi connectivity index (χ0n) is 16.1. The average Bonchev–Trinajstić information content (AvgIpc) is 3.23. The maximum Gasteiger partial charge on any atom is 0.293 e. The summed E-state index contributed by atoms with van der Waals surface area (Å²) in [4.78, 5) is 27.9. The number of amides is 1.